The Balaban J connectivity index is 2.11. The molecule has 0 radical (unpaired) electrons. The first-order chi connectivity index (χ1) is 7.65. The first-order valence-corrected chi connectivity index (χ1v) is 5.36. The highest BCUT2D eigenvalue weighted by atomic mass is 16.1. The second-order valence-corrected chi connectivity index (χ2v) is 4.15. The van der Waals surface area contributed by atoms with Crippen LogP contribution in [0.3, 0.4) is 0 Å². The van der Waals surface area contributed by atoms with Crippen LogP contribution in [0.15, 0.2) is 42.7 Å². The Morgan fingerprint density at radius 3 is 2.44 bits per heavy atom. The summed E-state index contributed by atoms with van der Waals surface area (Å²) in [4.78, 5) is 11.9. The summed E-state index contributed by atoms with van der Waals surface area (Å²) in [5.74, 6) is 0.172. The molecule has 0 fully saturated rings. The third-order valence-corrected chi connectivity index (χ3v) is 2.63. The van der Waals surface area contributed by atoms with Gasteiger partial charge in [-0.05, 0) is 18.6 Å². The molecule has 16 heavy (non-hydrogen) atoms. The fraction of sp³-hybridized carbons (Fsp3) is 0.214. The van der Waals surface area contributed by atoms with Gasteiger partial charge in [-0.15, -0.1) is 0 Å². The lowest BCUT2D eigenvalue weighted by atomic mass is 10.0. The van der Waals surface area contributed by atoms with E-state index in [0.717, 1.165) is 11.1 Å². The maximum atomic E-state index is 11.9. The van der Waals surface area contributed by atoms with Crippen molar-refractivity contribution in [3.05, 3.63) is 59.4 Å². The van der Waals surface area contributed by atoms with Crippen molar-refractivity contribution < 1.29 is 4.79 Å². The maximum Gasteiger partial charge on any atom is 0.167 e. The van der Waals surface area contributed by atoms with E-state index in [0.29, 0.717) is 6.42 Å². The van der Waals surface area contributed by atoms with Gasteiger partial charge in [0.2, 0.25) is 0 Å². The SMILES string of the molecule is Cc1ccc(C(=O)Cc2ccn(C)c2)cc1. The standard InChI is InChI=1S/C14H15NO/c1-11-3-5-13(6-4-11)14(16)9-12-7-8-15(2)10-12/h3-8,10H,9H2,1-2H3. The Morgan fingerprint density at radius 1 is 1.19 bits per heavy atom. The van der Waals surface area contributed by atoms with Gasteiger partial charge in [0.05, 0.1) is 0 Å². The highest BCUT2D eigenvalue weighted by Crippen LogP contribution is 2.09. The van der Waals surface area contributed by atoms with E-state index in [1.165, 1.54) is 5.56 Å². The van der Waals surface area contributed by atoms with E-state index in [9.17, 15) is 4.79 Å². The van der Waals surface area contributed by atoms with Crippen LogP contribution in [-0.2, 0) is 13.5 Å². The van der Waals surface area contributed by atoms with Crippen molar-refractivity contribution in [2.75, 3.05) is 0 Å². The molecule has 1 heterocycles. The number of hydrogen-bond acceptors (Lipinski definition) is 1. The molecular formula is C14H15NO. The smallest absolute Gasteiger partial charge is 0.167 e. The molecule has 0 saturated carbocycles. The van der Waals surface area contributed by atoms with Crippen LogP contribution in [0.1, 0.15) is 21.5 Å². The zero-order chi connectivity index (χ0) is 11.5. The van der Waals surface area contributed by atoms with Crippen molar-refractivity contribution in [2.24, 2.45) is 7.05 Å². The van der Waals surface area contributed by atoms with Crippen LogP contribution in [0.4, 0.5) is 0 Å². The van der Waals surface area contributed by atoms with Gasteiger partial charge in [0.1, 0.15) is 0 Å². The van der Waals surface area contributed by atoms with Gasteiger partial charge in [0, 0.05) is 31.4 Å². The largest absolute Gasteiger partial charge is 0.357 e. The van der Waals surface area contributed by atoms with Gasteiger partial charge in [-0.2, -0.15) is 0 Å². The number of ketones is 1. The van der Waals surface area contributed by atoms with Crippen molar-refractivity contribution in [2.45, 2.75) is 13.3 Å². The van der Waals surface area contributed by atoms with E-state index in [1.54, 1.807) is 0 Å². The first kappa shape index (κ1) is 10.7. The minimum atomic E-state index is 0.172. The molecule has 0 unspecified atom stereocenters. The molecule has 0 spiro atoms. The van der Waals surface area contributed by atoms with Crippen LogP contribution in [-0.4, -0.2) is 10.4 Å². The summed E-state index contributed by atoms with van der Waals surface area (Å²) in [5, 5.41) is 0. The number of hydrogen-bond donors (Lipinski definition) is 0. The van der Waals surface area contributed by atoms with Gasteiger partial charge in [-0.1, -0.05) is 29.8 Å². The minimum absolute atomic E-state index is 0.172. The highest BCUT2D eigenvalue weighted by Gasteiger charge is 2.07. The summed E-state index contributed by atoms with van der Waals surface area (Å²) in [6, 6.07) is 9.70. The number of nitrogens with zero attached hydrogens (tertiary/aromatic N) is 1. The minimum Gasteiger partial charge on any atom is -0.357 e. The van der Waals surface area contributed by atoms with Crippen LogP contribution < -0.4 is 0 Å². The Bertz CT molecular complexity index is 494. The highest BCUT2D eigenvalue weighted by molar-refractivity contribution is 5.97. The Labute approximate surface area is 95.5 Å². The summed E-state index contributed by atoms with van der Waals surface area (Å²) < 4.78 is 1.96. The van der Waals surface area contributed by atoms with Gasteiger partial charge in [0.15, 0.2) is 5.78 Å². The predicted octanol–water partition coefficient (Wildman–Crippen LogP) is 2.76. The third kappa shape index (κ3) is 2.40. The lowest BCUT2D eigenvalue weighted by Crippen LogP contribution is -2.02. The predicted molar refractivity (Wildman–Crippen MR) is 64.6 cm³/mol. The van der Waals surface area contributed by atoms with E-state index in [4.69, 9.17) is 0 Å². The average Bonchev–Trinajstić information content (AvgIpc) is 2.65. The molecule has 0 amide bonds. The van der Waals surface area contributed by atoms with Crippen molar-refractivity contribution >= 4 is 5.78 Å². The normalized spacial score (nSPS) is 10.4. The van der Waals surface area contributed by atoms with Crippen molar-refractivity contribution in [1.82, 2.24) is 4.57 Å². The lowest BCUT2D eigenvalue weighted by Gasteiger charge is -2.00. The van der Waals surface area contributed by atoms with Gasteiger partial charge in [0.25, 0.3) is 0 Å². The molecule has 1 aromatic heterocycles. The Kier molecular flexibility index (Phi) is 2.91. The summed E-state index contributed by atoms with van der Waals surface area (Å²) in [5.41, 5.74) is 3.03. The van der Waals surface area contributed by atoms with Crippen molar-refractivity contribution in [3.8, 4) is 0 Å². The quantitative estimate of drug-likeness (QED) is 0.718. The molecular weight excluding hydrogens is 198 g/mol. The van der Waals surface area contributed by atoms with Gasteiger partial charge in [-0.3, -0.25) is 4.79 Å². The summed E-state index contributed by atoms with van der Waals surface area (Å²) in [7, 11) is 1.96. The molecule has 2 heteroatoms. The topological polar surface area (TPSA) is 22.0 Å². The molecule has 0 aliphatic heterocycles. The number of benzene rings is 1. The zero-order valence-corrected chi connectivity index (χ0v) is 9.60. The number of carbonyl (C=O) groups is 1. The second-order valence-electron chi connectivity index (χ2n) is 4.15. The third-order valence-electron chi connectivity index (χ3n) is 2.63. The Hall–Kier alpha value is -1.83. The van der Waals surface area contributed by atoms with Crippen LogP contribution in [0.5, 0.6) is 0 Å². The molecule has 82 valence electrons. The monoisotopic (exact) mass is 213 g/mol. The second kappa shape index (κ2) is 4.35. The fourth-order valence-corrected chi connectivity index (χ4v) is 1.69. The summed E-state index contributed by atoms with van der Waals surface area (Å²) in [6.45, 7) is 2.02. The lowest BCUT2D eigenvalue weighted by molar-refractivity contribution is 0.0993. The molecule has 2 nitrogen and oxygen atoms in total. The number of Topliss-reactive ketones (excluding diaryl/α,β-unsaturated/α-hetero) is 1. The van der Waals surface area contributed by atoms with E-state index < -0.39 is 0 Å². The average molecular weight is 213 g/mol. The van der Waals surface area contributed by atoms with Gasteiger partial charge in [-0.25, -0.2) is 0 Å². The molecule has 0 aliphatic rings. The number of aryl methyl sites for hydroxylation is 2. The molecule has 0 saturated heterocycles. The van der Waals surface area contributed by atoms with Gasteiger partial charge >= 0.3 is 0 Å². The zero-order valence-electron chi connectivity index (χ0n) is 9.60. The van der Waals surface area contributed by atoms with E-state index in [-0.39, 0.29) is 5.78 Å². The Morgan fingerprint density at radius 2 is 1.88 bits per heavy atom. The molecule has 0 atom stereocenters. The summed E-state index contributed by atoms with van der Waals surface area (Å²) in [6.07, 6.45) is 4.41. The van der Waals surface area contributed by atoms with Crippen LogP contribution in [0, 0.1) is 6.92 Å². The van der Waals surface area contributed by atoms with E-state index in [1.807, 2.05) is 61.3 Å². The van der Waals surface area contributed by atoms with Crippen molar-refractivity contribution in [1.29, 1.82) is 0 Å². The maximum absolute atomic E-state index is 11.9. The molecule has 0 N–H and O–H groups in total. The molecule has 2 rings (SSSR count). The van der Waals surface area contributed by atoms with Gasteiger partial charge < -0.3 is 4.57 Å². The van der Waals surface area contributed by atoms with E-state index in [2.05, 4.69) is 0 Å². The van der Waals surface area contributed by atoms with Crippen LogP contribution in [0.2, 0.25) is 0 Å². The van der Waals surface area contributed by atoms with E-state index >= 15 is 0 Å². The van der Waals surface area contributed by atoms with Crippen LogP contribution in [0.25, 0.3) is 0 Å². The summed E-state index contributed by atoms with van der Waals surface area (Å²) >= 11 is 0. The number of aromatic nitrogens is 1. The molecule has 0 aliphatic carbocycles. The number of carbonyl (C=O) groups excluding carboxylic acids is 1. The number of rotatable bonds is 3. The molecule has 2 aromatic rings. The fourth-order valence-electron chi connectivity index (χ4n) is 1.69. The first-order valence-electron chi connectivity index (χ1n) is 5.36. The molecule has 1 aromatic carbocycles. The molecule has 0 bridgehead atoms. The van der Waals surface area contributed by atoms with Crippen LogP contribution >= 0.6 is 0 Å². The van der Waals surface area contributed by atoms with Crippen molar-refractivity contribution in [3.63, 3.8) is 0 Å².